The molecule has 2 aliphatic rings. The van der Waals surface area contributed by atoms with Crippen molar-refractivity contribution >= 4 is 28.7 Å². The highest BCUT2D eigenvalue weighted by Gasteiger charge is 2.42. The second kappa shape index (κ2) is 6.43. The number of hydrogen-bond donors (Lipinski definition) is 2. The molecule has 2 fully saturated rings. The van der Waals surface area contributed by atoms with E-state index in [1.165, 1.54) is 37.4 Å². The van der Waals surface area contributed by atoms with Crippen LogP contribution in [-0.4, -0.2) is 27.2 Å². The van der Waals surface area contributed by atoms with E-state index in [2.05, 4.69) is 22.2 Å². The van der Waals surface area contributed by atoms with E-state index in [1.807, 2.05) is 31.2 Å². The van der Waals surface area contributed by atoms with E-state index < -0.39 is 0 Å². The van der Waals surface area contributed by atoms with Crippen LogP contribution in [0.2, 0.25) is 0 Å². The summed E-state index contributed by atoms with van der Waals surface area (Å²) in [5, 5.41) is 3.92. The van der Waals surface area contributed by atoms with Crippen LogP contribution in [0.4, 0.5) is 0 Å². The number of H-pyrrole nitrogens is 1. The Labute approximate surface area is 147 Å². The van der Waals surface area contributed by atoms with Crippen molar-refractivity contribution < 1.29 is 4.79 Å². The van der Waals surface area contributed by atoms with Gasteiger partial charge >= 0.3 is 0 Å². The Morgan fingerprint density at radius 1 is 1.29 bits per heavy atom. The molecular formula is C19H25N3OS. The summed E-state index contributed by atoms with van der Waals surface area (Å²) in [5.74, 6) is 2.55. The summed E-state index contributed by atoms with van der Waals surface area (Å²) in [7, 11) is 0. The van der Waals surface area contributed by atoms with Crippen molar-refractivity contribution in [3.05, 3.63) is 24.3 Å². The molecular weight excluding hydrogens is 318 g/mol. The summed E-state index contributed by atoms with van der Waals surface area (Å²) >= 11 is 1.50. The Morgan fingerprint density at radius 2 is 2.12 bits per heavy atom. The van der Waals surface area contributed by atoms with Gasteiger partial charge < -0.3 is 10.3 Å². The first kappa shape index (κ1) is 16.0. The highest BCUT2D eigenvalue weighted by atomic mass is 32.2. The zero-order chi connectivity index (χ0) is 16.7. The standard InChI is InChI=1S/C19H25N3OS/c1-11(15-10-13-7-8-14(15)9-13)20-18(23)12(2)24-19-21-16-5-3-4-6-17(16)22-19/h3-6,11-15H,7-10H2,1-2H3,(H,20,23)(H,21,22). The van der Waals surface area contributed by atoms with E-state index in [-0.39, 0.29) is 17.2 Å². The number of rotatable bonds is 5. The van der Waals surface area contributed by atoms with Crippen LogP contribution in [0.1, 0.15) is 39.5 Å². The number of thioether (sulfide) groups is 1. The molecule has 4 nitrogen and oxygen atoms in total. The third-order valence-corrected chi connectivity index (χ3v) is 6.81. The predicted octanol–water partition coefficient (Wildman–Crippen LogP) is 3.98. The van der Waals surface area contributed by atoms with Gasteiger partial charge in [0.1, 0.15) is 0 Å². The molecule has 1 heterocycles. The van der Waals surface area contributed by atoms with Gasteiger partial charge in [0.15, 0.2) is 5.16 Å². The molecule has 4 rings (SSSR count). The monoisotopic (exact) mass is 343 g/mol. The Kier molecular flexibility index (Phi) is 4.29. The van der Waals surface area contributed by atoms with E-state index in [0.29, 0.717) is 5.92 Å². The molecule has 0 saturated heterocycles. The Hall–Kier alpha value is -1.49. The average molecular weight is 343 g/mol. The molecule has 24 heavy (non-hydrogen) atoms. The number of hydrogen-bond acceptors (Lipinski definition) is 3. The van der Waals surface area contributed by atoms with Crippen molar-refractivity contribution in [3.63, 3.8) is 0 Å². The first-order valence-electron chi connectivity index (χ1n) is 9.02. The van der Waals surface area contributed by atoms with Gasteiger partial charge in [0.25, 0.3) is 0 Å². The number of para-hydroxylation sites is 2. The molecule has 2 saturated carbocycles. The van der Waals surface area contributed by atoms with Crippen molar-refractivity contribution in [3.8, 4) is 0 Å². The van der Waals surface area contributed by atoms with Crippen LogP contribution >= 0.6 is 11.8 Å². The quantitative estimate of drug-likeness (QED) is 0.807. The smallest absolute Gasteiger partial charge is 0.233 e. The molecule has 5 unspecified atom stereocenters. The molecule has 2 bridgehead atoms. The Bertz CT molecular complexity index is 710. The summed E-state index contributed by atoms with van der Waals surface area (Å²) in [4.78, 5) is 20.4. The molecule has 2 aromatic rings. The number of imidazole rings is 1. The maximum atomic E-state index is 12.6. The fraction of sp³-hybridized carbons (Fsp3) is 0.579. The minimum atomic E-state index is -0.147. The van der Waals surface area contributed by atoms with E-state index in [1.54, 1.807) is 0 Å². The van der Waals surface area contributed by atoms with Crippen LogP contribution < -0.4 is 5.32 Å². The number of nitrogens with one attached hydrogen (secondary N) is 2. The highest BCUT2D eigenvalue weighted by Crippen LogP contribution is 2.49. The second-order valence-corrected chi connectivity index (χ2v) is 8.78. The molecule has 2 N–H and O–H groups in total. The van der Waals surface area contributed by atoms with Gasteiger partial charge in [-0.2, -0.15) is 0 Å². The highest BCUT2D eigenvalue weighted by molar-refractivity contribution is 8.00. The lowest BCUT2D eigenvalue weighted by Crippen LogP contribution is -2.43. The fourth-order valence-corrected chi connectivity index (χ4v) is 5.39. The van der Waals surface area contributed by atoms with Gasteiger partial charge in [0.05, 0.1) is 16.3 Å². The number of carbonyl (C=O) groups is 1. The number of fused-ring (bicyclic) bond motifs is 3. The Morgan fingerprint density at radius 3 is 2.83 bits per heavy atom. The van der Waals surface area contributed by atoms with Crippen LogP contribution in [0.5, 0.6) is 0 Å². The van der Waals surface area contributed by atoms with E-state index >= 15 is 0 Å². The second-order valence-electron chi connectivity index (χ2n) is 7.46. The lowest BCUT2D eigenvalue weighted by atomic mass is 9.84. The van der Waals surface area contributed by atoms with E-state index in [0.717, 1.165) is 28.0 Å². The molecule has 1 aromatic heterocycles. The fourth-order valence-electron chi connectivity index (χ4n) is 4.56. The molecule has 0 spiro atoms. The third-order valence-electron chi connectivity index (χ3n) is 5.83. The maximum Gasteiger partial charge on any atom is 0.233 e. The molecule has 0 aliphatic heterocycles. The summed E-state index contributed by atoms with van der Waals surface area (Å²) in [6.07, 6.45) is 5.45. The summed E-state index contributed by atoms with van der Waals surface area (Å²) in [6, 6.07) is 8.24. The Balaban J connectivity index is 1.35. The van der Waals surface area contributed by atoms with Gasteiger partial charge in [-0.3, -0.25) is 4.79 Å². The molecule has 2 aliphatic carbocycles. The number of aromatic amines is 1. The largest absolute Gasteiger partial charge is 0.352 e. The lowest BCUT2D eigenvalue weighted by molar-refractivity contribution is -0.121. The molecule has 1 amide bonds. The van der Waals surface area contributed by atoms with Crippen molar-refractivity contribution in [1.82, 2.24) is 15.3 Å². The van der Waals surface area contributed by atoms with Gasteiger partial charge in [-0.1, -0.05) is 30.3 Å². The van der Waals surface area contributed by atoms with Gasteiger partial charge in [-0.25, -0.2) is 4.98 Å². The molecule has 128 valence electrons. The molecule has 1 aromatic carbocycles. The topological polar surface area (TPSA) is 57.8 Å². The maximum absolute atomic E-state index is 12.6. The molecule has 5 atom stereocenters. The van der Waals surface area contributed by atoms with Crippen LogP contribution in [0, 0.1) is 17.8 Å². The van der Waals surface area contributed by atoms with Gasteiger partial charge in [0, 0.05) is 6.04 Å². The summed E-state index contributed by atoms with van der Waals surface area (Å²) < 4.78 is 0. The summed E-state index contributed by atoms with van der Waals surface area (Å²) in [6.45, 7) is 4.14. The first-order valence-corrected chi connectivity index (χ1v) is 9.90. The number of amides is 1. The SMILES string of the molecule is CC(Sc1nc2ccccc2[nH]1)C(=O)NC(C)C1CC2CCC1C2. The number of aromatic nitrogens is 2. The van der Waals surface area contributed by atoms with Gasteiger partial charge in [0.2, 0.25) is 5.91 Å². The van der Waals surface area contributed by atoms with Crippen LogP contribution in [0.3, 0.4) is 0 Å². The summed E-state index contributed by atoms with van der Waals surface area (Å²) in [5.41, 5.74) is 1.96. The number of carbonyl (C=O) groups excluding carboxylic acids is 1. The van der Waals surface area contributed by atoms with E-state index in [4.69, 9.17) is 0 Å². The normalized spacial score (nSPS) is 28.2. The third kappa shape index (κ3) is 3.06. The van der Waals surface area contributed by atoms with Crippen LogP contribution in [0.15, 0.2) is 29.4 Å². The molecule has 5 heteroatoms. The van der Waals surface area contributed by atoms with E-state index in [9.17, 15) is 4.79 Å². The molecule has 0 radical (unpaired) electrons. The lowest BCUT2D eigenvalue weighted by Gasteiger charge is -2.29. The zero-order valence-electron chi connectivity index (χ0n) is 14.3. The van der Waals surface area contributed by atoms with Crippen LogP contribution in [-0.2, 0) is 4.79 Å². The van der Waals surface area contributed by atoms with Crippen molar-refractivity contribution in [2.45, 2.75) is 56.0 Å². The van der Waals surface area contributed by atoms with Gasteiger partial charge in [-0.15, -0.1) is 0 Å². The first-order chi connectivity index (χ1) is 11.6. The van der Waals surface area contributed by atoms with Gasteiger partial charge in [-0.05, 0) is 63.0 Å². The number of benzene rings is 1. The van der Waals surface area contributed by atoms with Crippen LogP contribution in [0.25, 0.3) is 11.0 Å². The predicted molar refractivity (Wildman–Crippen MR) is 98.0 cm³/mol. The van der Waals surface area contributed by atoms with Crippen molar-refractivity contribution in [2.75, 3.05) is 0 Å². The minimum Gasteiger partial charge on any atom is -0.352 e. The van der Waals surface area contributed by atoms with Crippen molar-refractivity contribution in [2.24, 2.45) is 17.8 Å². The minimum absolute atomic E-state index is 0.121. The number of nitrogens with zero attached hydrogens (tertiary/aromatic N) is 1. The zero-order valence-corrected chi connectivity index (χ0v) is 15.1. The van der Waals surface area contributed by atoms with Crippen molar-refractivity contribution in [1.29, 1.82) is 0 Å². The average Bonchev–Trinajstić information content (AvgIpc) is 3.28.